The lowest BCUT2D eigenvalue weighted by Gasteiger charge is -2.15. The van der Waals surface area contributed by atoms with Gasteiger partial charge in [-0.2, -0.15) is 5.10 Å². The molecule has 2 saturated carbocycles. The highest BCUT2D eigenvalue weighted by Gasteiger charge is 2.33. The zero-order valence-electron chi connectivity index (χ0n) is 15.1. The Kier molecular flexibility index (Phi) is 4.16. The number of benzene rings is 1. The predicted molar refractivity (Wildman–Crippen MR) is 104 cm³/mol. The third-order valence-corrected chi connectivity index (χ3v) is 5.59. The molecule has 5 nitrogen and oxygen atoms in total. The summed E-state index contributed by atoms with van der Waals surface area (Å²) in [6.45, 7) is 0. The summed E-state index contributed by atoms with van der Waals surface area (Å²) in [4.78, 5) is 16.4. The van der Waals surface area contributed by atoms with Gasteiger partial charge in [0.1, 0.15) is 5.69 Å². The maximum absolute atomic E-state index is 15.0. The molecule has 142 valence electrons. The van der Waals surface area contributed by atoms with Crippen LogP contribution in [0.5, 0.6) is 0 Å². The number of aromatic nitrogens is 3. The summed E-state index contributed by atoms with van der Waals surface area (Å²) in [6, 6.07) is 9.80. The molecule has 2 aromatic heterocycles. The Balaban J connectivity index is 1.46. The van der Waals surface area contributed by atoms with Crippen LogP contribution in [0.3, 0.4) is 0 Å². The van der Waals surface area contributed by atoms with E-state index in [9.17, 15) is 9.18 Å². The van der Waals surface area contributed by atoms with E-state index >= 15 is 0 Å². The average molecular weight is 397 g/mol. The molecule has 5 rings (SSSR count). The van der Waals surface area contributed by atoms with Crippen molar-refractivity contribution in [3.63, 3.8) is 0 Å². The highest BCUT2D eigenvalue weighted by Crippen LogP contribution is 2.45. The second-order valence-electron chi connectivity index (χ2n) is 7.41. The van der Waals surface area contributed by atoms with Crippen molar-refractivity contribution < 1.29 is 9.18 Å². The van der Waals surface area contributed by atoms with Gasteiger partial charge in [0.05, 0.1) is 11.4 Å². The van der Waals surface area contributed by atoms with Crippen molar-refractivity contribution in [3.05, 3.63) is 71.6 Å². The van der Waals surface area contributed by atoms with Gasteiger partial charge in [0.25, 0.3) is 5.91 Å². The van der Waals surface area contributed by atoms with Gasteiger partial charge in [0.15, 0.2) is 5.82 Å². The summed E-state index contributed by atoms with van der Waals surface area (Å²) in [5.41, 5.74) is 3.17. The molecule has 0 atom stereocenters. The Morgan fingerprint density at radius 1 is 1.07 bits per heavy atom. The summed E-state index contributed by atoms with van der Waals surface area (Å²) >= 11 is 6.18. The summed E-state index contributed by atoms with van der Waals surface area (Å²) in [5.74, 6) is 0.0669. The smallest absolute Gasteiger partial charge is 0.267 e. The highest BCUT2D eigenvalue weighted by atomic mass is 35.5. The van der Waals surface area contributed by atoms with Crippen molar-refractivity contribution in [1.82, 2.24) is 14.8 Å². The van der Waals surface area contributed by atoms with Gasteiger partial charge >= 0.3 is 0 Å². The molecule has 0 N–H and O–H groups in total. The van der Waals surface area contributed by atoms with Gasteiger partial charge in [-0.25, -0.2) is 13.5 Å². The lowest BCUT2D eigenvalue weighted by Crippen LogP contribution is -2.21. The molecule has 1 aromatic carbocycles. The third-order valence-electron chi connectivity index (χ3n) is 5.24. The van der Waals surface area contributed by atoms with Crippen molar-refractivity contribution in [3.8, 4) is 5.69 Å². The van der Waals surface area contributed by atoms with E-state index < -0.39 is 11.7 Å². The number of halogens is 2. The lowest BCUT2D eigenvalue weighted by molar-refractivity contribution is 0.101. The monoisotopic (exact) mass is 396 g/mol. The van der Waals surface area contributed by atoms with Crippen molar-refractivity contribution >= 4 is 23.4 Å². The minimum Gasteiger partial charge on any atom is -0.267 e. The molecule has 0 bridgehead atoms. The Bertz CT molecular complexity index is 1040. The van der Waals surface area contributed by atoms with Crippen LogP contribution in [0.1, 0.15) is 59.3 Å². The van der Waals surface area contributed by atoms with Crippen LogP contribution < -0.4 is 4.42 Å². The highest BCUT2D eigenvalue weighted by molar-refractivity contribution is 6.39. The number of pyridine rings is 1. The number of hydrogen-bond donors (Lipinski definition) is 0. The standard InChI is InChI=1S/C21H18ClFN4O/c22-26(21(28)15-7-9-24-10-8-15)16-5-6-19(17(23)11-16)27-20(14-3-4-14)12-18(25-27)13-1-2-13/h5-14H,1-4H2. The molecule has 0 aliphatic heterocycles. The number of nitrogens with zero attached hydrogens (tertiary/aromatic N) is 4. The number of rotatable bonds is 5. The first-order chi connectivity index (χ1) is 13.6. The number of amides is 1. The lowest BCUT2D eigenvalue weighted by atomic mass is 10.2. The van der Waals surface area contributed by atoms with Crippen LogP contribution in [0.25, 0.3) is 5.69 Å². The minimum absolute atomic E-state index is 0.271. The summed E-state index contributed by atoms with van der Waals surface area (Å²) in [6.07, 6.45) is 7.56. The number of anilines is 1. The molecule has 1 amide bonds. The van der Waals surface area contributed by atoms with Gasteiger partial charge in [0.2, 0.25) is 0 Å². The fourth-order valence-corrected chi connectivity index (χ4v) is 3.57. The Morgan fingerprint density at radius 2 is 1.79 bits per heavy atom. The van der Waals surface area contributed by atoms with Crippen LogP contribution in [0.4, 0.5) is 10.1 Å². The molecule has 7 heteroatoms. The minimum atomic E-state index is -0.460. The fraction of sp³-hybridized carbons (Fsp3) is 0.286. The maximum atomic E-state index is 15.0. The van der Waals surface area contributed by atoms with Crippen molar-refractivity contribution in [2.45, 2.75) is 37.5 Å². The Hall–Kier alpha value is -2.73. The first kappa shape index (κ1) is 17.4. The molecule has 2 aliphatic carbocycles. The Labute approximate surface area is 166 Å². The second-order valence-corrected chi connectivity index (χ2v) is 7.75. The van der Waals surface area contributed by atoms with Crippen molar-refractivity contribution in [2.24, 2.45) is 0 Å². The van der Waals surface area contributed by atoms with Gasteiger partial charge in [-0.1, -0.05) is 0 Å². The molecule has 0 unspecified atom stereocenters. The van der Waals surface area contributed by atoms with Crippen LogP contribution in [-0.2, 0) is 0 Å². The van der Waals surface area contributed by atoms with Crippen LogP contribution >= 0.6 is 11.8 Å². The molecule has 0 spiro atoms. The predicted octanol–water partition coefficient (Wildman–Crippen LogP) is 4.96. The molecular weight excluding hydrogens is 379 g/mol. The van der Waals surface area contributed by atoms with E-state index in [1.807, 2.05) is 0 Å². The van der Waals surface area contributed by atoms with Gasteiger partial charge in [-0.05, 0) is 56.0 Å². The molecule has 0 radical (unpaired) electrons. The van der Waals surface area contributed by atoms with Crippen LogP contribution in [0.2, 0.25) is 0 Å². The summed E-state index contributed by atoms with van der Waals surface area (Å²) < 4.78 is 17.6. The third kappa shape index (κ3) is 3.18. The second kappa shape index (κ2) is 6.71. The number of carbonyl (C=O) groups is 1. The van der Waals surface area contributed by atoms with E-state index in [-0.39, 0.29) is 5.69 Å². The van der Waals surface area contributed by atoms with Gasteiger partial charge in [-0.15, -0.1) is 0 Å². The number of hydrogen-bond acceptors (Lipinski definition) is 3. The van der Waals surface area contributed by atoms with E-state index in [1.54, 1.807) is 28.9 Å². The van der Waals surface area contributed by atoms with Gasteiger partial charge < -0.3 is 0 Å². The molecule has 0 saturated heterocycles. The Morgan fingerprint density at radius 3 is 2.43 bits per heavy atom. The topological polar surface area (TPSA) is 51.0 Å². The first-order valence-electron chi connectivity index (χ1n) is 9.42. The van der Waals surface area contributed by atoms with Crippen molar-refractivity contribution in [1.29, 1.82) is 0 Å². The molecule has 28 heavy (non-hydrogen) atoms. The zero-order valence-corrected chi connectivity index (χ0v) is 15.8. The fourth-order valence-electron chi connectivity index (χ4n) is 3.37. The molecular formula is C21H18ClFN4O. The van der Waals surface area contributed by atoms with E-state index in [0.29, 0.717) is 23.1 Å². The molecule has 2 aliphatic rings. The van der Waals surface area contributed by atoms with E-state index in [0.717, 1.165) is 41.5 Å². The van der Waals surface area contributed by atoms with Gasteiger partial charge in [-0.3, -0.25) is 9.78 Å². The first-order valence-corrected chi connectivity index (χ1v) is 9.75. The van der Waals surface area contributed by atoms with Crippen LogP contribution in [0, 0.1) is 5.82 Å². The number of carbonyl (C=O) groups excluding carboxylic acids is 1. The average Bonchev–Trinajstić information content (AvgIpc) is 3.66. The summed E-state index contributed by atoms with van der Waals surface area (Å²) in [7, 11) is 0. The summed E-state index contributed by atoms with van der Waals surface area (Å²) in [5, 5.41) is 4.68. The molecule has 2 heterocycles. The largest absolute Gasteiger partial charge is 0.273 e. The molecule has 2 fully saturated rings. The zero-order chi connectivity index (χ0) is 19.3. The normalized spacial score (nSPS) is 16.2. The van der Waals surface area contributed by atoms with E-state index in [2.05, 4.69) is 16.1 Å². The van der Waals surface area contributed by atoms with Gasteiger partial charge in [0, 0.05) is 53.3 Å². The van der Waals surface area contributed by atoms with E-state index in [4.69, 9.17) is 11.8 Å². The van der Waals surface area contributed by atoms with E-state index in [1.165, 1.54) is 18.5 Å². The SMILES string of the molecule is O=C(c1ccncc1)N(Cl)c1ccc(-n2nc(C3CC3)cc2C2CC2)c(F)c1. The van der Waals surface area contributed by atoms with Crippen LogP contribution in [-0.4, -0.2) is 20.7 Å². The maximum Gasteiger partial charge on any atom is 0.273 e. The van der Waals surface area contributed by atoms with Crippen LogP contribution in [0.15, 0.2) is 48.8 Å². The molecule has 3 aromatic rings. The van der Waals surface area contributed by atoms with Crippen molar-refractivity contribution in [2.75, 3.05) is 4.42 Å². The quantitative estimate of drug-likeness (QED) is 0.572.